The maximum Gasteiger partial charge on any atom is 0.315 e. The van der Waals surface area contributed by atoms with Gasteiger partial charge < -0.3 is 9.84 Å². The van der Waals surface area contributed by atoms with Crippen LogP contribution in [0.5, 0.6) is 0 Å². The van der Waals surface area contributed by atoms with Gasteiger partial charge >= 0.3 is 5.97 Å². The Hall–Kier alpha value is -1.35. The second-order valence-electron chi connectivity index (χ2n) is 3.17. The molecule has 3 nitrogen and oxygen atoms in total. The molecule has 0 saturated carbocycles. The first kappa shape index (κ1) is 10.7. The normalized spacial score (nSPS) is 12.2. The van der Waals surface area contributed by atoms with Crippen molar-refractivity contribution in [2.45, 2.75) is 12.8 Å². The van der Waals surface area contributed by atoms with Gasteiger partial charge in [0, 0.05) is 0 Å². The number of aliphatic hydroxyl groups excluding tert-OH is 1. The summed E-state index contributed by atoms with van der Waals surface area (Å²) in [5, 5.41) is 9.07. The lowest BCUT2D eigenvalue weighted by Crippen LogP contribution is -2.17. The molecule has 0 aromatic heterocycles. The first-order valence-corrected chi connectivity index (χ1v) is 4.44. The van der Waals surface area contributed by atoms with Crippen LogP contribution in [0.1, 0.15) is 17.0 Å². The Morgan fingerprint density at radius 3 is 2.79 bits per heavy atom. The molecule has 0 heterocycles. The van der Waals surface area contributed by atoms with Crippen molar-refractivity contribution in [2.24, 2.45) is 0 Å². The molecule has 14 heavy (non-hydrogen) atoms. The summed E-state index contributed by atoms with van der Waals surface area (Å²) in [5.74, 6) is -0.974. The van der Waals surface area contributed by atoms with Crippen LogP contribution in [-0.2, 0) is 9.53 Å². The van der Waals surface area contributed by atoms with E-state index in [0.29, 0.717) is 0 Å². The number of methoxy groups -OCH3 is 1. The molecule has 0 radical (unpaired) electrons. The number of benzene rings is 1. The Morgan fingerprint density at radius 2 is 2.29 bits per heavy atom. The molecule has 0 fully saturated rings. The van der Waals surface area contributed by atoms with Gasteiger partial charge in [-0.25, -0.2) is 0 Å². The predicted molar refractivity (Wildman–Crippen MR) is 53.0 cm³/mol. The third-order valence-corrected chi connectivity index (χ3v) is 2.11. The number of ether oxygens (including phenoxy) is 1. The van der Waals surface area contributed by atoms with Gasteiger partial charge in [-0.15, -0.1) is 0 Å². The molecule has 1 aromatic rings. The summed E-state index contributed by atoms with van der Waals surface area (Å²) < 4.78 is 4.60. The average Bonchev–Trinajstić information content (AvgIpc) is 2.19. The summed E-state index contributed by atoms with van der Waals surface area (Å²) in [5.41, 5.74) is 1.85. The fourth-order valence-electron chi connectivity index (χ4n) is 1.35. The summed E-state index contributed by atoms with van der Waals surface area (Å²) in [6, 6.07) is 7.48. The molecular formula is C11H14O3. The van der Waals surface area contributed by atoms with Crippen LogP contribution in [0.25, 0.3) is 0 Å². The van der Waals surface area contributed by atoms with Gasteiger partial charge in [0.25, 0.3) is 0 Å². The molecule has 3 heteroatoms. The van der Waals surface area contributed by atoms with E-state index in [1.807, 2.05) is 31.2 Å². The Labute approximate surface area is 83.3 Å². The summed E-state index contributed by atoms with van der Waals surface area (Å²) in [7, 11) is 1.32. The molecule has 0 aliphatic heterocycles. The van der Waals surface area contributed by atoms with Crippen molar-refractivity contribution in [3.05, 3.63) is 35.4 Å². The number of carbonyl (C=O) groups is 1. The number of aliphatic hydroxyl groups is 1. The molecule has 1 atom stereocenters. The van der Waals surface area contributed by atoms with Crippen molar-refractivity contribution in [3.63, 3.8) is 0 Å². The smallest absolute Gasteiger partial charge is 0.315 e. The highest BCUT2D eigenvalue weighted by Gasteiger charge is 2.19. The van der Waals surface area contributed by atoms with Gasteiger partial charge in [0.15, 0.2) is 0 Å². The van der Waals surface area contributed by atoms with Gasteiger partial charge in [0.1, 0.15) is 5.92 Å². The fourth-order valence-corrected chi connectivity index (χ4v) is 1.35. The van der Waals surface area contributed by atoms with Crippen molar-refractivity contribution < 1.29 is 14.6 Å². The summed E-state index contributed by atoms with van der Waals surface area (Å²) >= 11 is 0. The molecule has 1 N–H and O–H groups in total. The highest BCUT2D eigenvalue weighted by Crippen LogP contribution is 2.17. The van der Waals surface area contributed by atoms with Crippen LogP contribution in [0.3, 0.4) is 0 Å². The van der Waals surface area contributed by atoms with Crippen LogP contribution < -0.4 is 0 Å². The Balaban J connectivity index is 2.94. The minimum absolute atomic E-state index is 0.226. The first-order chi connectivity index (χ1) is 6.69. The molecule has 0 spiro atoms. The van der Waals surface area contributed by atoms with E-state index in [-0.39, 0.29) is 6.61 Å². The SMILES string of the molecule is COC(=O)C(CO)c1cccc(C)c1. The Kier molecular flexibility index (Phi) is 3.65. The van der Waals surface area contributed by atoms with Crippen molar-refractivity contribution in [1.29, 1.82) is 0 Å². The molecule has 0 aliphatic rings. The third kappa shape index (κ3) is 2.33. The molecule has 0 amide bonds. The summed E-state index contributed by atoms with van der Waals surface area (Å²) in [4.78, 5) is 11.3. The van der Waals surface area contributed by atoms with Crippen molar-refractivity contribution in [2.75, 3.05) is 13.7 Å². The minimum atomic E-state index is -0.570. The standard InChI is InChI=1S/C11H14O3/c1-8-4-3-5-9(6-8)10(7-12)11(13)14-2/h3-6,10,12H,7H2,1-2H3. The van der Waals surface area contributed by atoms with Gasteiger partial charge in [-0.3, -0.25) is 4.79 Å². The van der Waals surface area contributed by atoms with Crippen LogP contribution in [0.15, 0.2) is 24.3 Å². The van der Waals surface area contributed by atoms with E-state index in [2.05, 4.69) is 4.74 Å². The molecule has 1 aromatic carbocycles. The second kappa shape index (κ2) is 4.77. The zero-order chi connectivity index (χ0) is 10.6. The largest absolute Gasteiger partial charge is 0.468 e. The number of hydrogen-bond donors (Lipinski definition) is 1. The van der Waals surface area contributed by atoms with Crippen molar-refractivity contribution in [1.82, 2.24) is 0 Å². The van der Waals surface area contributed by atoms with E-state index in [9.17, 15) is 4.79 Å². The predicted octanol–water partition coefficient (Wildman–Crippen LogP) is 1.24. The molecule has 0 bridgehead atoms. The van der Waals surface area contributed by atoms with Crippen LogP contribution in [0.4, 0.5) is 0 Å². The van der Waals surface area contributed by atoms with Crippen LogP contribution in [0, 0.1) is 6.92 Å². The second-order valence-corrected chi connectivity index (χ2v) is 3.17. The topological polar surface area (TPSA) is 46.5 Å². The van der Waals surface area contributed by atoms with Crippen molar-refractivity contribution >= 4 is 5.97 Å². The zero-order valence-corrected chi connectivity index (χ0v) is 8.36. The van der Waals surface area contributed by atoms with Gasteiger partial charge in [0.05, 0.1) is 13.7 Å². The van der Waals surface area contributed by atoms with Crippen LogP contribution >= 0.6 is 0 Å². The molecule has 0 saturated heterocycles. The van der Waals surface area contributed by atoms with E-state index in [1.54, 1.807) is 0 Å². The lowest BCUT2D eigenvalue weighted by molar-refractivity contribution is -0.143. The van der Waals surface area contributed by atoms with E-state index in [0.717, 1.165) is 11.1 Å². The van der Waals surface area contributed by atoms with Crippen molar-refractivity contribution in [3.8, 4) is 0 Å². The van der Waals surface area contributed by atoms with E-state index >= 15 is 0 Å². The molecular weight excluding hydrogens is 180 g/mol. The monoisotopic (exact) mass is 194 g/mol. The highest BCUT2D eigenvalue weighted by atomic mass is 16.5. The van der Waals surface area contributed by atoms with E-state index in [1.165, 1.54) is 7.11 Å². The first-order valence-electron chi connectivity index (χ1n) is 4.44. The average molecular weight is 194 g/mol. The molecule has 1 unspecified atom stereocenters. The minimum Gasteiger partial charge on any atom is -0.468 e. The highest BCUT2D eigenvalue weighted by molar-refractivity contribution is 5.78. The lowest BCUT2D eigenvalue weighted by atomic mass is 9.98. The summed E-state index contributed by atoms with van der Waals surface area (Å²) in [6.45, 7) is 1.71. The number of esters is 1. The number of carbonyl (C=O) groups excluding carboxylic acids is 1. The number of aryl methyl sites for hydroxylation is 1. The quantitative estimate of drug-likeness (QED) is 0.736. The van der Waals surface area contributed by atoms with Crippen LogP contribution in [0.2, 0.25) is 0 Å². The number of rotatable bonds is 3. The maximum absolute atomic E-state index is 11.3. The zero-order valence-electron chi connectivity index (χ0n) is 8.36. The van der Waals surface area contributed by atoms with E-state index < -0.39 is 11.9 Å². The van der Waals surface area contributed by atoms with Gasteiger partial charge in [-0.2, -0.15) is 0 Å². The molecule has 1 rings (SSSR count). The molecule has 76 valence electrons. The van der Waals surface area contributed by atoms with Gasteiger partial charge in [-0.1, -0.05) is 29.8 Å². The number of hydrogen-bond acceptors (Lipinski definition) is 3. The maximum atomic E-state index is 11.3. The summed E-state index contributed by atoms with van der Waals surface area (Å²) in [6.07, 6.45) is 0. The fraction of sp³-hybridized carbons (Fsp3) is 0.364. The lowest BCUT2D eigenvalue weighted by Gasteiger charge is -2.12. The Morgan fingerprint density at radius 1 is 1.57 bits per heavy atom. The third-order valence-electron chi connectivity index (χ3n) is 2.11. The van der Waals surface area contributed by atoms with Gasteiger partial charge in [-0.05, 0) is 12.5 Å². The Bertz CT molecular complexity index is 320. The molecule has 0 aliphatic carbocycles. The van der Waals surface area contributed by atoms with Crippen LogP contribution in [-0.4, -0.2) is 24.8 Å². The van der Waals surface area contributed by atoms with E-state index in [4.69, 9.17) is 5.11 Å². The van der Waals surface area contributed by atoms with Gasteiger partial charge in [0.2, 0.25) is 0 Å².